The monoisotopic (exact) mass is 323 g/mol. The molecule has 0 aromatic carbocycles. The highest BCUT2D eigenvalue weighted by atomic mass is 79.9. The number of ether oxygens (including phenoxy) is 2. The average molecular weight is 324 g/mol. The summed E-state index contributed by atoms with van der Waals surface area (Å²) in [4.78, 5) is 11.5. The van der Waals surface area contributed by atoms with Crippen LogP contribution in [0.5, 0.6) is 0 Å². The van der Waals surface area contributed by atoms with Gasteiger partial charge in [0.25, 0.3) is 0 Å². The summed E-state index contributed by atoms with van der Waals surface area (Å²) in [7, 11) is 0. The predicted molar refractivity (Wildman–Crippen MR) is 77.3 cm³/mol. The third-order valence-electron chi connectivity index (χ3n) is 2.24. The summed E-state index contributed by atoms with van der Waals surface area (Å²) in [6.07, 6.45) is 1.71. The average Bonchev–Trinajstić information content (AvgIpc) is 2.25. The van der Waals surface area contributed by atoms with Gasteiger partial charge in [-0.1, -0.05) is 29.3 Å². The standard InChI is InChI=1S/C13H26BrNO3/c1-6-7-8-17-13(5,9-14)10-15-11(16)18-12(2,3)4/h6-10H2,1-5H3,(H,15,16). The number of carbonyl (C=O) groups excluding carboxylic acids is 1. The summed E-state index contributed by atoms with van der Waals surface area (Å²) >= 11 is 3.42. The lowest BCUT2D eigenvalue weighted by molar-refractivity contribution is -0.0161. The van der Waals surface area contributed by atoms with Crippen molar-refractivity contribution in [2.24, 2.45) is 0 Å². The Labute approximate surface area is 119 Å². The van der Waals surface area contributed by atoms with Crippen molar-refractivity contribution in [2.75, 3.05) is 18.5 Å². The molecule has 1 atom stereocenters. The molecule has 0 saturated heterocycles. The Morgan fingerprint density at radius 3 is 2.33 bits per heavy atom. The zero-order chi connectivity index (χ0) is 14.2. The minimum absolute atomic E-state index is 0.397. The third kappa shape index (κ3) is 8.75. The number of hydrogen-bond donors (Lipinski definition) is 1. The van der Waals surface area contributed by atoms with Crippen LogP contribution in [0, 0.1) is 0 Å². The van der Waals surface area contributed by atoms with Crippen LogP contribution in [0.1, 0.15) is 47.5 Å². The quantitative estimate of drug-likeness (QED) is 0.576. The summed E-state index contributed by atoms with van der Waals surface area (Å²) in [5.41, 5.74) is -0.871. The van der Waals surface area contributed by atoms with Crippen LogP contribution >= 0.6 is 15.9 Å². The second kappa shape index (κ2) is 8.00. The third-order valence-corrected chi connectivity index (χ3v) is 3.42. The molecule has 0 bridgehead atoms. The fraction of sp³-hybridized carbons (Fsp3) is 0.923. The van der Waals surface area contributed by atoms with E-state index in [1.165, 1.54) is 0 Å². The molecule has 0 rings (SSSR count). The molecule has 0 radical (unpaired) electrons. The highest BCUT2D eigenvalue weighted by molar-refractivity contribution is 9.09. The number of unbranched alkanes of at least 4 members (excludes halogenated alkanes) is 1. The van der Waals surface area contributed by atoms with Gasteiger partial charge in [-0.25, -0.2) is 4.79 Å². The molecular formula is C13H26BrNO3. The number of amides is 1. The van der Waals surface area contributed by atoms with Gasteiger partial charge in [-0.3, -0.25) is 0 Å². The zero-order valence-corrected chi connectivity index (χ0v) is 13.7. The molecule has 0 aliphatic carbocycles. The predicted octanol–water partition coefficient (Wildman–Crippen LogP) is 3.48. The van der Waals surface area contributed by atoms with E-state index in [2.05, 4.69) is 28.2 Å². The van der Waals surface area contributed by atoms with Crippen LogP contribution in [-0.4, -0.2) is 35.8 Å². The Morgan fingerprint density at radius 1 is 1.28 bits per heavy atom. The molecule has 0 fully saturated rings. The number of carbonyl (C=O) groups is 1. The lowest BCUT2D eigenvalue weighted by Crippen LogP contribution is -2.45. The van der Waals surface area contributed by atoms with Gasteiger partial charge >= 0.3 is 6.09 Å². The maximum atomic E-state index is 11.5. The summed E-state index contributed by atoms with van der Waals surface area (Å²) in [6.45, 7) is 10.7. The van der Waals surface area contributed by atoms with Crippen molar-refractivity contribution in [2.45, 2.75) is 58.7 Å². The van der Waals surface area contributed by atoms with Crippen LogP contribution in [0.2, 0.25) is 0 Å². The minimum atomic E-state index is -0.474. The molecular weight excluding hydrogens is 298 g/mol. The van der Waals surface area contributed by atoms with Gasteiger partial charge in [0.1, 0.15) is 5.60 Å². The number of alkyl halides is 1. The molecule has 5 heteroatoms. The van der Waals surface area contributed by atoms with Crippen molar-refractivity contribution in [3.63, 3.8) is 0 Å². The van der Waals surface area contributed by atoms with Gasteiger partial charge < -0.3 is 14.8 Å². The van der Waals surface area contributed by atoms with Gasteiger partial charge in [0.05, 0.1) is 12.1 Å². The van der Waals surface area contributed by atoms with Gasteiger partial charge in [0.15, 0.2) is 0 Å². The second-order valence-electron chi connectivity index (χ2n) is 5.64. The Balaban J connectivity index is 4.08. The number of rotatable bonds is 7. The largest absolute Gasteiger partial charge is 0.444 e. The summed E-state index contributed by atoms with van der Waals surface area (Å²) in [5, 5.41) is 3.41. The van der Waals surface area contributed by atoms with E-state index in [1.807, 2.05) is 27.7 Å². The lowest BCUT2D eigenvalue weighted by Gasteiger charge is -2.29. The first-order valence-corrected chi connectivity index (χ1v) is 7.51. The van der Waals surface area contributed by atoms with E-state index in [0.717, 1.165) is 12.8 Å². The van der Waals surface area contributed by atoms with Crippen LogP contribution in [0.25, 0.3) is 0 Å². The molecule has 0 saturated carbocycles. The molecule has 0 spiro atoms. The van der Waals surface area contributed by atoms with E-state index >= 15 is 0 Å². The number of alkyl carbamates (subject to hydrolysis) is 1. The van der Waals surface area contributed by atoms with Crippen molar-refractivity contribution >= 4 is 22.0 Å². The van der Waals surface area contributed by atoms with Crippen LogP contribution in [-0.2, 0) is 9.47 Å². The number of nitrogens with one attached hydrogen (secondary N) is 1. The van der Waals surface area contributed by atoms with E-state index < -0.39 is 17.3 Å². The molecule has 1 amide bonds. The first kappa shape index (κ1) is 17.7. The van der Waals surface area contributed by atoms with Crippen molar-refractivity contribution in [1.29, 1.82) is 0 Å². The Bertz CT molecular complexity index is 253. The van der Waals surface area contributed by atoms with Crippen molar-refractivity contribution in [1.82, 2.24) is 5.32 Å². The summed E-state index contributed by atoms with van der Waals surface area (Å²) in [6, 6.07) is 0. The number of hydrogen-bond acceptors (Lipinski definition) is 3. The SMILES string of the molecule is CCCCOC(C)(CBr)CNC(=O)OC(C)(C)C. The Morgan fingerprint density at radius 2 is 1.89 bits per heavy atom. The summed E-state index contributed by atoms with van der Waals surface area (Å²) < 4.78 is 11.0. The molecule has 4 nitrogen and oxygen atoms in total. The second-order valence-corrected chi connectivity index (χ2v) is 6.20. The smallest absolute Gasteiger partial charge is 0.407 e. The Hall–Kier alpha value is -0.290. The van der Waals surface area contributed by atoms with Crippen molar-refractivity contribution in [3.8, 4) is 0 Å². The first-order chi connectivity index (χ1) is 8.22. The fourth-order valence-electron chi connectivity index (χ4n) is 1.17. The maximum Gasteiger partial charge on any atom is 0.407 e. The highest BCUT2D eigenvalue weighted by Gasteiger charge is 2.25. The minimum Gasteiger partial charge on any atom is -0.444 e. The Kier molecular flexibility index (Phi) is 7.87. The van der Waals surface area contributed by atoms with Crippen LogP contribution in [0.4, 0.5) is 4.79 Å². The molecule has 1 unspecified atom stereocenters. The van der Waals surface area contributed by atoms with Gasteiger partial charge in [-0.2, -0.15) is 0 Å². The van der Waals surface area contributed by atoms with Crippen LogP contribution < -0.4 is 5.32 Å². The first-order valence-electron chi connectivity index (χ1n) is 6.39. The molecule has 1 N–H and O–H groups in total. The summed E-state index contributed by atoms with van der Waals surface area (Å²) in [5.74, 6) is 0. The van der Waals surface area contributed by atoms with E-state index in [9.17, 15) is 4.79 Å². The number of halogens is 1. The lowest BCUT2D eigenvalue weighted by atomic mass is 10.1. The molecule has 0 aromatic heterocycles. The van der Waals surface area contributed by atoms with Crippen molar-refractivity contribution in [3.05, 3.63) is 0 Å². The highest BCUT2D eigenvalue weighted by Crippen LogP contribution is 2.14. The van der Waals surface area contributed by atoms with Crippen molar-refractivity contribution < 1.29 is 14.3 Å². The van der Waals surface area contributed by atoms with E-state index in [1.54, 1.807) is 0 Å². The fourth-order valence-corrected chi connectivity index (χ4v) is 1.53. The van der Waals surface area contributed by atoms with E-state index in [0.29, 0.717) is 18.5 Å². The van der Waals surface area contributed by atoms with Gasteiger partial charge in [-0.05, 0) is 34.1 Å². The van der Waals surface area contributed by atoms with Crippen LogP contribution in [0.15, 0.2) is 0 Å². The topological polar surface area (TPSA) is 47.6 Å². The zero-order valence-electron chi connectivity index (χ0n) is 12.1. The molecule has 18 heavy (non-hydrogen) atoms. The normalized spacial score (nSPS) is 15.0. The molecule has 0 heterocycles. The molecule has 0 aromatic rings. The molecule has 0 aliphatic heterocycles. The van der Waals surface area contributed by atoms with Gasteiger partial charge in [0.2, 0.25) is 0 Å². The molecule has 108 valence electrons. The molecule has 0 aliphatic rings. The van der Waals surface area contributed by atoms with Gasteiger partial charge in [0, 0.05) is 11.9 Å². The maximum absolute atomic E-state index is 11.5. The van der Waals surface area contributed by atoms with Gasteiger partial charge in [-0.15, -0.1) is 0 Å². The van der Waals surface area contributed by atoms with E-state index in [-0.39, 0.29) is 0 Å². The van der Waals surface area contributed by atoms with E-state index in [4.69, 9.17) is 9.47 Å². The van der Waals surface area contributed by atoms with Crippen LogP contribution in [0.3, 0.4) is 0 Å².